The van der Waals surface area contributed by atoms with Gasteiger partial charge in [-0.25, -0.2) is 8.42 Å². The van der Waals surface area contributed by atoms with E-state index in [1.807, 2.05) is 0 Å². The fourth-order valence-electron chi connectivity index (χ4n) is 2.32. The van der Waals surface area contributed by atoms with Gasteiger partial charge in [0, 0.05) is 12.6 Å². The van der Waals surface area contributed by atoms with Gasteiger partial charge in [0.25, 0.3) is 0 Å². The molecule has 2 rings (SSSR count). The molecule has 1 aromatic carbocycles. The molecule has 0 amide bonds. The van der Waals surface area contributed by atoms with Crippen LogP contribution in [0.5, 0.6) is 0 Å². The van der Waals surface area contributed by atoms with Crippen LogP contribution in [0.15, 0.2) is 23.1 Å². The van der Waals surface area contributed by atoms with Gasteiger partial charge in [-0.2, -0.15) is 4.31 Å². The second kappa shape index (κ2) is 6.24. The summed E-state index contributed by atoms with van der Waals surface area (Å²) in [6.07, 6.45) is 3.78. The van der Waals surface area contributed by atoms with Gasteiger partial charge in [-0.1, -0.05) is 25.5 Å². The minimum absolute atomic E-state index is 0.138. The maximum Gasteiger partial charge on any atom is 0.243 e. The number of aliphatic hydroxyl groups excluding tert-OH is 1. The number of sulfonamides is 1. The van der Waals surface area contributed by atoms with Crippen LogP contribution in [0.1, 0.15) is 43.7 Å². The lowest BCUT2D eigenvalue weighted by molar-refractivity contribution is 0.281. The molecule has 1 saturated carbocycles. The average Bonchev–Trinajstić information content (AvgIpc) is 3.24. The molecule has 0 heterocycles. The van der Waals surface area contributed by atoms with E-state index in [1.54, 1.807) is 29.4 Å². The molecular weight excluding hydrogens is 274 g/mol. The van der Waals surface area contributed by atoms with E-state index in [1.165, 1.54) is 0 Å². The van der Waals surface area contributed by atoms with Crippen molar-refractivity contribution in [1.29, 1.82) is 0 Å². The van der Waals surface area contributed by atoms with Gasteiger partial charge in [-0.15, -0.1) is 0 Å². The molecule has 0 radical (unpaired) electrons. The summed E-state index contributed by atoms with van der Waals surface area (Å²) in [6.45, 7) is 4.32. The number of aryl methyl sites for hydroxylation is 1. The van der Waals surface area contributed by atoms with Gasteiger partial charge in [-0.3, -0.25) is 0 Å². The van der Waals surface area contributed by atoms with Crippen LogP contribution in [0.3, 0.4) is 0 Å². The second-order valence-electron chi connectivity index (χ2n) is 5.46. The molecule has 0 spiro atoms. The van der Waals surface area contributed by atoms with Crippen molar-refractivity contribution in [3.63, 3.8) is 0 Å². The van der Waals surface area contributed by atoms with Crippen molar-refractivity contribution >= 4 is 10.0 Å². The second-order valence-corrected chi connectivity index (χ2v) is 7.32. The molecule has 112 valence electrons. The van der Waals surface area contributed by atoms with Crippen LogP contribution in [-0.4, -0.2) is 30.4 Å². The SMILES string of the molecule is CCCCN(C1CC1)S(=O)(=O)c1cc(CO)ccc1C. The van der Waals surface area contributed by atoms with Crippen LogP contribution in [-0.2, 0) is 16.6 Å². The summed E-state index contributed by atoms with van der Waals surface area (Å²) in [4.78, 5) is 0.340. The third-order valence-electron chi connectivity index (χ3n) is 3.71. The van der Waals surface area contributed by atoms with Gasteiger partial charge in [0.15, 0.2) is 0 Å². The number of nitrogens with zero attached hydrogens (tertiary/aromatic N) is 1. The third-order valence-corrected chi connectivity index (χ3v) is 5.80. The molecule has 1 aliphatic rings. The molecule has 0 unspecified atom stereocenters. The zero-order chi connectivity index (χ0) is 14.8. The lowest BCUT2D eigenvalue weighted by Crippen LogP contribution is -2.34. The highest BCUT2D eigenvalue weighted by Gasteiger charge is 2.38. The lowest BCUT2D eigenvalue weighted by atomic mass is 10.2. The minimum Gasteiger partial charge on any atom is -0.392 e. The van der Waals surface area contributed by atoms with Gasteiger partial charge in [0.1, 0.15) is 0 Å². The average molecular weight is 297 g/mol. The van der Waals surface area contributed by atoms with Crippen molar-refractivity contribution in [3.8, 4) is 0 Å². The topological polar surface area (TPSA) is 57.6 Å². The van der Waals surface area contributed by atoms with Crippen LogP contribution < -0.4 is 0 Å². The first-order chi connectivity index (χ1) is 9.50. The first-order valence-electron chi connectivity index (χ1n) is 7.23. The molecule has 5 heteroatoms. The van der Waals surface area contributed by atoms with E-state index in [4.69, 9.17) is 0 Å². The molecule has 0 atom stereocenters. The Labute approximate surface area is 121 Å². The lowest BCUT2D eigenvalue weighted by Gasteiger charge is -2.23. The number of hydrogen-bond donors (Lipinski definition) is 1. The molecule has 0 aromatic heterocycles. The number of hydrogen-bond acceptors (Lipinski definition) is 3. The minimum atomic E-state index is -3.45. The van der Waals surface area contributed by atoms with Gasteiger partial charge in [-0.05, 0) is 43.4 Å². The summed E-state index contributed by atoms with van der Waals surface area (Å²) in [7, 11) is -3.45. The first kappa shape index (κ1) is 15.5. The number of rotatable bonds is 7. The van der Waals surface area contributed by atoms with Gasteiger partial charge < -0.3 is 5.11 Å². The van der Waals surface area contributed by atoms with E-state index in [0.717, 1.165) is 31.2 Å². The van der Waals surface area contributed by atoms with Crippen molar-refractivity contribution in [1.82, 2.24) is 4.31 Å². The zero-order valence-corrected chi connectivity index (χ0v) is 13.0. The molecule has 1 N–H and O–H groups in total. The van der Waals surface area contributed by atoms with Gasteiger partial charge >= 0.3 is 0 Å². The highest BCUT2D eigenvalue weighted by Crippen LogP contribution is 2.33. The van der Waals surface area contributed by atoms with E-state index in [2.05, 4.69) is 6.92 Å². The Balaban J connectivity index is 2.36. The molecule has 4 nitrogen and oxygen atoms in total. The van der Waals surface area contributed by atoms with E-state index >= 15 is 0 Å². The molecule has 1 fully saturated rings. The van der Waals surface area contributed by atoms with Crippen molar-refractivity contribution in [2.45, 2.75) is 57.1 Å². The first-order valence-corrected chi connectivity index (χ1v) is 8.67. The van der Waals surface area contributed by atoms with E-state index < -0.39 is 10.0 Å². The van der Waals surface area contributed by atoms with Crippen molar-refractivity contribution < 1.29 is 13.5 Å². The molecule has 20 heavy (non-hydrogen) atoms. The summed E-state index contributed by atoms with van der Waals surface area (Å²) in [5.41, 5.74) is 1.38. The highest BCUT2D eigenvalue weighted by atomic mass is 32.2. The Morgan fingerprint density at radius 1 is 1.35 bits per heavy atom. The Hall–Kier alpha value is -0.910. The molecule has 1 aromatic rings. The Bertz CT molecular complexity index is 564. The largest absolute Gasteiger partial charge is 0.392 e. The predicted octanol–water partition coefficient (Wildman–Crippen LogP) is 2.44. The molecule has 0 bridgehead atoms. The van der Waals surface area contributed by atoms with Crippen LogP contribution in [0.4, 0.5) is 0 Å². The predicted molar refractivity (Wildman–Crippen MR) is 78.9 cm³/mol. The number of benzene rings is 1. The van der Waals surface area contributed by atoms with E-state index in [0.29, 0.717) is 17.0 Å². The highest BCUT2D eigenvalue weighted by molar-refractivity contribution is 7.89. The quantitative estimate of drug-likeness (QED) is 0.841. The zero-order valence-electron chi connectivity index (χ0n) is 12.2. The monoisotopic (exact) mass is 297 g/mol. The Kier molecular flexibility index (Phi) is 4.83. The Morgan fingerprint density at radius 3 is 2.60 bits per heavy atom. The van der Waals surface area contributed by atoms with Crippen LogP contribution in [0.2, 0.25) is 0 Å². The maximum atomic E-state index is 12.9. The van der Waals surface area contributed by atoms with Crippen LogP contribution in [0, 0.1) is 6.92 Å². The van der Waals surface area contributed by atoms with Crippen molar-refractivity contribution in [2.75, 3.05) is 6.54 Å². The molecule has 1 aliphatic carbocycles. The van der Waals surface area contributed by atoms with E-state index in [-0.39, 0.29) is 12.6 Å². The van der Waals surface area contributed by atoms with Crippen molar-refractivity contribution in [3.05, 3.63) is 29.3 Å². The van der Waals surface area contributed by atoms with Gasteiger partial charge in [0.05, 0.1) is 11.5 Å². The fourth-order valence-corrected chi connectivity index (χ4v) is 4.32. The Morgan fingerprint density at radius 2 is 2.05 bits per heavy atom. The number of unbranched alkanes of at least 4 members (excludes halogenated alkanes) is 1. The van der Waals surface area contributed by atoms with Crippen LogP contribution >= 0.6 is 0 Å². The maximum absolute atomic E-state index is 12.9. The van der Waals surface area contributed by atoms with E-state index in [9.17, 15) is 13.5 Å². The van der Waals surface area contributed by atoms with Crippen molar-refractivity contribution in [2.24, 2.45) is 0 Å². The molecular formula is C15H23NO3S. The summed E-state index contributed by atoms with van der Waals surface area (Å²) in [5, 5.41) is 9.21. The number of aliphatic hydroxyl groups is 1. The summed E-state index contributed by atoms with van der Waals surface area (Å²) in [5.74, 6) is 0. The summed E-state index contributed by atoms with van der Waals surface area (Å²) in [6, 6.07) is 5.31. The standard InChI is InChI=1S/C15H23NO3S/c1-3-4-9-16(14-7-8-14)20(18,19)15-10-13(11-17)6-5-12(15)2/h5-6,10,14,17H,3-4,7-9,11H2,1-2H3. The summed E-state index contributed by atoms with van der Waals surface area (Å²) >= 11 is 0. The molecule has 0 aliphatic heterocycles. The van der Waals surface area contributed by atoms with Crippen LogP contribution in [0.25, 0.3) is 0 Å². The smallest absolute Gasteiger partial charge is 0.243 e. The third kappa shape index (κ3) is 3.22. The molecule has 0 saturated heterocycles. The summed E-state index contributed by atoms with van der Waals surface area (Å²) < 4.78 is 27.4. The fraction of sp³-hybridized carbons (Fsp3) is 0.600. The normalized spacial score (nSPS) is 15.8. The van der Waals surface area contributed by atoms with Gasteiger partial charge in [0.2, 0.25) is 10.0 Å².